The molecular formula is C19H10Cl2F7N3O3. The first-order valence-electron chi connectivity index (χ1n) is 8.96. The van der Waals surface area contributed by atoms with Gasteiger partial charge in [0.05, 0.1) is 22.9 Å². The van der Waals surface area contributed by atoms with Gasteiger partial charge in [-0.25, -0.2) is 17.6 Å². The van der Waals surface area contributed by atoms with Crippen LogP contribution in [0.15, 0.2) is 24.3 Å². The molecule has 0 radical (unpaired) electrons. The number of amides is 3. The number of rotatable bonds is 5. The van der Waals surface area contributed by atoms with Crippen molar-refractivity contribution in [1.82, 2.24) is 0 Å². The lowest BCUT2D eigenvalue weighted by Crippen LogP contribution is -2.30. The number of alkyl halides is 5. The molecule has 2 aromatic carbocycles. The molecule has 1 aliphatic rings. The van der Waals surface area contributed by atoms with Crippen molar-refractivity contribution in [3.63, 3.8) is 0 Å². The van der Waals surface area contributed by atoms with Gasteiger partial charge in [-0.3, -0.25) is 14.4 Å². The Bertz CT molecular complexity index is 1200. The van der Waals surface area contributed by atoms with Gasteiger partial charge in [-0.2, -0.15) is 13.2 Å². The molecule has 3 N–H and O–H groups in total. The predicted molar refractivity (Wildman–Crippen MR) is 107 cm³/mol. The summed E-state index contributed by atoms with van der Waals surface area (Å²) in [6.45, 7) is 0. The third-order valence-electron chi connectivity index (χ3n) is 4.49. The second kappa shape index (κ2) is 8.95. The standard InChI is InChI=1S/C19H10Cl2F7N3O3/c20-18(21)5-8(18)16(33)29-6-1-7(14(25)11(24)2-6)15(32)30-12-4-13(10(23)3-9(12)22)31-17(34)19(26,27)28/h1-4,8H,5H2,(H,29,33)(H,30,32)(H,31,34)/t8-/m1/s1. The van der Waals surface area contributed by atoms with Gasteiger partial charge < -0.3 is 16.0 Å². The number of benzene rings is 2. The van der Waals surface area contributed by atoms with Crippen molar-refractivity contribution in [3.8, 4) is 0 Å². The van der Waals surface area contributed by atoms with Gasteiger partial charge in [-0.15, -0.1) is 23.2 Å². The molecule has 1 fully saturated rings. The van der Waals surface area contributed by atoms with Crippen molar-refractivity contribution < 1.29 is 45.1 Å². The lowest BCUT2D eigenvalue weighted by Gasteiger charge is -2.13. The molecule has 6 nitrogen and oxygen atoms in total. The summed E-state index contributed by atoms with van der Waals surface area (Å²) >= 11 is 11.5. The first-order chi connectivity index (χ1) is 15.6. The van der Waals surface area contributed by atoms with Gasteiger partial charge in [0.1, 0.15) is 16.0 Å². The highest BCUT2D eigenvalue weighted by molar-refractivity contribution is 6.52. The number of halogens is 9. The van der Waals surface area contributed by atoms with Crippen LogP contribution in [-0.2, 0) is 9.59 Å². The van der Waals surface area contributed by atoms with E-state index in [-0.39, 0.29) is 18.2 Å². The van der Waals surface area contributed by atoms with Crippen molar-refractivity contribution in [2.75, 3.05) is 16.0 Å². The number of carbonyl (C=O) groups excluding carboxylic acids is 3. The maximum Gasteiger partial charge on any atom is 0.471 e. The van der Waals surface area contributed by atoms with E-state index in [9.17, 15) is 45.1 Å². The van der Waals surface area contributed by atoms with Crippen LogP contribution in [-0.4, -0.2) is 28.2 Å². The van der Waals surface area contributed by atoms with E-state index in [1.165, 1.54) is 0 Å². The molecule has 0 heterocycles. The monoisotopic (exact) mass is 531 g/mol. The van der Waals surface area contributed by atoms with Crippen molar-refractivity contribution >= 4 is 58.0 Å². The third kappa shape index (κ3) is 5.53. The molecule has 1 saturated carbocycles. The van der Waals surface area contributed by atoms with E-state index in [2.05, 4.69) is 5.32 Å². The molecule has 2 aromatic rings. The third-order valence-corrected chi connectivity index (χ3v) is 5.33. The molecule has 3 amide bonds. The maximum absolute atomic E-state index is 14.2. The second-order valence-electron chi connectivity index (χ2n) is 7.04. The van der Waals surface area contributed by atoms with Gasteiger partial charge in [0.25, 0.3) is 5.91 Å². The van der Waals surface area contributed by atoms with Crippen LogP contribution in [0.3, 0.4) is 0 Å². The van der Waals surface area contributed by atoms with E-state index < -0.39 is 74.4 Å². The van der Waals surface area contributed by atoms with Gasteiger partial charge in [0.2, 0.25) is 5.91 Å². The predicted octanol–water partition coefficient (Wildman–Crippen LogP) is 5.13. The maximum atomic E-state index is 14.2. The van der Waals surface area contributed by atoms with E-state index in [1.54, 1.807) is 5.32 Å². The number of nitrogens with one attached hydrogen (secondary N) is 3. The smallest absolute Gasteiger partial charge is 0.326 e. The zero-order chi connectivity index (χ0) is 25.6. The Hall–Kier alpha value is -3.06. The molecule has 0 saturated heterocycles. The Morgan fingerprint density at radius 1 is 0.853 bits per heavy atom. The van der Waals surface area contributed by atoms with E-state index in [4.69, 9.17) is 23.2 Å². The van der Waals surface area contributed by atoms with E-state index in [0.29, 0.717) is 18.2 Å². The number of anilines is 3. The van der Waals surface area contributed by atoms with Crippen LogP contribution < -0.4 is 16.0 Å². The zero-order valence-corrected chi connectivity index (χ0v) is 17.7. The Kier molecular flexibility index (Phi) is 6.73. The van der Waals surface area contributed by atoms with Crippen LogP contribution >= 0.6 is 23.2 Å². The van der Waals surface area contributed by atoms with Crippen LogP contribution in [0.5, 0.6) is 0 Å². The Morgan fingerprint density at radius 2 is 1.41 bits per heavy atom. The summed E-state index contributed by atoms with van der Waals surface area (Å²) in [7, 11) is 0. The quantitative estimate of drug-likeness (QED) is 0.369. The highest BCUT2D eigenvalue weighted by Gasteiger charge is 2.56. The van der Waals surface area contributed by atoms with Gasteiger partial charge in [0.15, 0.2) is 11.6 Å². The fraction of sp³-hybridized carbons (Fsp3) is 0.211. The minimum absolute atomic E-state index is 0.0510. The second-order valence-corrected chi connectivity index (χ2v) is 8.59. The molecule has 0 aliphatic heterocycles. The summed E-state index contributed by atoms with van der Waals surface area (Å²) in [4.78, 5) is 35.4. The average molecular weight is 532 g/mol. The SMILES string of the molecule is O=C(Nc1cc(NC(=O)C(F)(F)F)c(F)cc1F)c1cc(NC(=O)[C@H]2CC2(Cl)Cl)cc(F)c1F. The van der Waals surface area contributed by atoms with Crippen molar-refractivity contribution in [2.24, 2.45) is 5.92 Å². The fourth-order valence-corrected chi connectivity index (χ4v) is 3.18. The molecule has 0 spiro atoms. The first-order valence-corrected chi connectivity index (χ1v) is 9.72. The van der Waals surface area contributed by atoms with Gasteiger partial charge in [0, 0.05) is 17.8 Å². The number of carbonyl (C=O) groups is 3. The summed E-state index contributed by atoms with van der Waals surface area (Å²) in [5.74, 6) is -12.1. The summed E-state index contributed by atoms with van der Waals surface area (Å²) in [6, 6.07) is 1.58. The molecule has 182 valence electrons. The summed E-state index contributed by atoms with van der Waals surface area (Å²) in [5, 5.41) is 5.05. The lowest BCUT2D eigenvalue weighted by atomic mass is 10.1. The summed E-state index contributed by atoms with van der Waals surface area (Å²) < 4.78 is 91.8. The van der Waals surface area contributed by atoms with Crippen molar-refractivity contribution in [2.45, 2.75) is 16.9 Å². The average Bonchev–Trinajstić information content (AvgIpc) is 3.35. The van der Waals surface area contributed by atoms with Gasteiger partial charge in [-0.05, 0) is 18.6 Å². The Balaban J connectivity index is 1.85. The molecule has 0 aromatic heterocycles. The minimum atomic E-state index is -5.40. The van der Waals surface area contributed by atoms with Crippen LogP contribution in [0.2, 0.25) is 0 Å². The normalized spacial score (nSPS) is 16.6. The van der Waals surface area contributed by atoms with E-state index in [0.717, 1.165) is 5.32 Å². The molecule has 1 atom stereocenters. The molecular weight excluding hydrogens is 522 g/mol. The number of hydrogen-bond acceptors (Lipinski definition) is 3. The largest absolute Gasteiger partial charge is 0.471 e. The van der Waals surface area contributed by atoms with E-state index >= 15 is 0 Å². The van der Waals surface area contributed by atoms with Crippen LogP contribution in [0, 0.1) is 29.2 Å². The molecule has 15 heteroatoms. The van der Waals surface area contributed by atoms with Crippen LogP contribution in [0.25, 0.3) is 0 Å². The Labute approximate surface area is 195 Å². The molecule has 0 bridgehead atoms. The highest BCUT2D eigenvalue weighted by atomic mass is 35.5. The van der Waals surface area contributed by atoms with Gasteiger partial charge >= 0.3 is 12.1 Å². The minimum Gasteiger partial charge on any atom is -0.326 e. The zero-order valence-electron chi connectivity index (χ0n) is 16.2. The Morgan fingerprint density at radius 3 is 1.94 bits per heavy atom. The summed E-state index contributed by atoms with van der Waals surface area (Å²) in [5.41, 5.74) is -3.55. The number of hydrogen-bond donors (Lipinski definition) is 3. The molecule has 34 heavy (non-hydrogen) atoms. The van der Waals surface area contributed by atoms with Crippen LogP contribution in [0.1, 0.15) is 16.8 Å². The molecule has 3 rings (SSSR count). The van der Waals surface area contributed by atoms with Crippen molar-refractivity contribution in [1.29, 1.82) is 0 Å². The van der Waals surface area contributed by atoms with E-state index in [1.807, 2.05) is 0 Å². The molecule has 0 unspecified atom stereocenters. The topological polar surface area (TPSA) is 87.3 Å². The fourth-order valence-electron chi connectivity index (χ4n) is 2.68. The first kappa shape index (κ1) is 25.6. The lowest BCUT2D eigenvalue weighted by molar-refractivity contribution is -0.167. The van der Waals surface area contributed by atoms with Crippen LogP contribution in [0.4, 0.5) is 47.8 Å². The van der Waals surface area contributed by atoms with Crippen molar-refractivity contribution in [3.05, 3.63) is 53.1 Å². The highest BCUT2D eigenvalue weighted by Crippen LogP contribution is 2.53. The summed E-state index contributed by atoms with van der Waals surface area (Å²) in [6.07, 6.45) is -5.31. The van der Waals surface area contributed by atoms with Gasteiger partial charge in [-0.1, -0.05) is 0 Å². The molecule has 1 aliphatic carbocycles.